The van der Waals surface area contributed by atoms with Crippen LogP contribution in [0.4, 0.5) is 9.52 Å². The number of aryl methyl sites for hydroxylation is 1. The highest BCUT2D eigenvalue weighted by Crippen LogP contribution is 2.27. The molecule has 5 nitrogen and oxygen atoms in total. The van der Waals surface area contributed by atoms with Crippen LogP contribution in [0.25, 0.3) is 0 Å². The third-order valence-corrected chi connectivity index (χ3v) is 5.58. The number of aromatic nitrogens is 1. The first-order valence-corrected chi connectivity index (χ1v) is 9.20. The highest BCUT2D eigenvalue weighted by atomic mass is 32.1. The molecule has 0 saturated carbocycles. The van der Waals surface area contributed by atoms with Crippen molar-refractivity contribution in [3.05, 3.63) is 46.2 Å². The molecule has 1 aliphatic rings. The Hall–Kier alpha value is -1.83. The topological polar surface area (TPSA) is 77.2 Å². The van der Waals surface area contributed by atoms with Gasteiger partial charge in [-0.2, -0.15) is 0 Å². The second-order valence-electron chi connectivity index (χ2n) is 6.26. The Kier molecular flexibility index (Phi) is 5.78. The minimum Gasteiger partial charge on any atom is -0.381 e. The first-order valence-electron chi connectivity index (χ1n) is 8.38. The van der Waals surface area contributed by atoms with Gasteiger partial charge in [0, 0.05) is 24.5 Å². The molecule has 1 atom stereocenters. The van der Waals surface area contributed by atoms with Gasteiger partial charge in [0.1, 0.15) is 5.82 Å². The fourth-order valence-electron chi connectivity index (χ4n) is 2.94. The van der Waals surface area contributed by atoms with Crippen LogP contribution in [0.1, 0.15) is 29.0 Å². The average Bonchev–Trinajstić information content (AvgIpc) is 2.96. The summed E-state index contributed by atoms with van der Waals surface area (Å²) in [6.07, 6.45) is 2.05. The molecule has 1 unspecified atom stereocenters. The van der Waals surface area contributed by atoms with E-state index < -0.39 is 6.04 Å². The van der Waals surface area contributed by atoms with Crippen molar-refractivity contribution in [2.45, 2.75) is 32.2 Å². The van der Waals surface area contributed by atoms with Gasteiger partial charge < -0.3 is 15.8 Å². The van der Waals surface area contributed by atoms with Crippen molar-refractivity contribution in [2.24, 2.45) is 11.7 Å². The lowest BCUT2D eigenvalue weighted by Crippen LogP contribution is -2.43. The predicted octanol–water partition coefficient (Wildman–Crippen LogP) is 2.87. The quantitative estimate of drug-likeness (QED) is 0.856. The minimum absolute atomic E-state index is 0.132. The lowest BCUT2D eigenvalue weighted by atomic mass is 9.92. The molecule has 0 radical (unpaired) electrons. The molecule has 3 rings (SSSR count). The smallest absolute Gasteiger partial charge is 0.243 e. The molecule has 1 fully saturated rings. The molecule has 134 valence electrons. The van der Waals surface area contributed by atoms with Crippen LogP contribution in [0, 0.1) is 18.7 Å². The van der Waals surface area contributed by atoms with E-state index in [0.717, 1.165) is 23.4 Å². The van der Waals surface area contributed by atoms with E-state index in [2.05, 4.69) is 10.3 Å². The highest BCUT2D eigenvalue weighted by molar-refractivity contribution is 7.15. The van der Waals surface area contributed by atoms with Crippen LogP contribution < -0.4 is 11.1 Å². The van der Waals surface area contributed by atoms with E-state index in [1.165, 1.54) is 17.4 Å². The van der Waals surface area contributed by atoms with Gasteiger partial charge in [0.05, 0.1) is 11.7 Å². The summed E-state index contributed by atoms with van der Waals surface area (Å²) < 4.78 is 19.1. The van der Waals surface area contributed by atoms with Gasteiger partial charge in [-0.05, 0) is 37.3 Å². The molecule has 1 aromatic carbocycles. The zero-order valence-electron chi connectivity index (χ0n) is 14.1. The van der Waals surface area contributed by atoms with Crippen LogP contribution in [0.2, 0.25) is 0 Å². The average molecular weight is 363 g/mol. The van der Waals surface area contributed by atoms with Gasteiger partial charge in [-0.3, -0.25) is 4.79 Å². The van der Waals surface area contributed by atoms with Gasteiger partial charge in [0.2, 0.25) is 5.91 Å². The maximum atomic E-state index is 13.8. The van der Waals surface area contributed by atoms with E-state index in [1.807, 2.05) is 13.0 Å². The number of nitrogens with two attached hydrogens (primary N) is 1. The molecule has 3 N–H and O–H groups in total. The number of nitrogens with one attached hydrogen (secondary N) is 1. The summed E-state index contributed by atoms with van der Waals surface area (Å²) >= 11 is 1.37. The van der Waals surface area contributed by atoms with E-state index >= 15 is 0 Å². The third-order valence-electron chi connectivity index (χ3n) is 4.51. The van der Waals surface area contributed by atoms with Crippen molar-refractivity contribution >= 4 is 22.4 Å². The van der Waals surface area contributed by atoms with Crippen LogP contribution in [0.15, 0.2) is 24.3 Å². The Balaban J connectivity index is 1.65. The fraction of sp³-hybridized carbons (Fsp3) is 0.444. The summed E-state index contributed by atoms with van der Waals surface area (Å²) in [5.74, 6) is -0.326. The number of benzene rings is 1. The van der Waals surface area contributed by atoms with Gasteiger partial charge in [-0.1, -0.05) is 18.2 Å². The summed E-state index contributed by atoms with van der Waals surface area (Å²) in [4.78, 5) is 17.7. The molecular formula is C18H22FN3O2S. The molecular weight excluding hydrogens is 341 g/mol. The zero-order valence-corrected chi connectivity index (χ0v) is 14.9. The largest absolute Gasteiger partial charge is 0.381 e. The molecule has 1 saturated heterocycles. The van der Waals surface area contributed by atoms with E-state index in [4.69, 9.17) is 10.5 Å². The van der Waals surface area contributed by atoms with E-state index in [9.17, 15) is 9.18 Å². The molecule has 2 heterocycles. The SMILES string of the molecule is Cc1nc(NC(=O)C(N)C2CCOCC2)sc1Cc1ccccc1F. The van der Waals surface area contributed by atoms with Crippen molar-refractivity contribution in [3.8, 4) is 0 Å². The number of nitrogens with zero attached hydrogens (tertiary/aromatic N) is 1. The molecule has 0 spiro atoms. The Bertz CT molecular complexity index is 744. The lowest BCUT2D eigenvalue weighted by Gasteiger charge is -2.26. The standard InChI is InChI=1S/C18H22FN3O2S/c1-11-15(10-13-4-2-3-5-14(13)19)25-18(21-11)22-17(23)16(20)12-6-8-24-9-7-12/h2-5,12,16H,6-10,20H2,1H3,(H,21,22,23). The van der Waals surface area contributed by atoms with Crippen molar-refractivity contribution in [2.75, 3.05) is 18.5 Å². The maximum absolute atomic E-state index is 13.8. The summed E-state index contributed by atoms with van der Waals surface area (Å²) in [6.45, 7) is 3.16. The van der Waals surface area contributed by atoms with Crippen LogP contribution >= 0.6 is 11.3 Å². The summed E-state index contributed by atoms with van der Waals surface area (Å²) in [7, 11) is 0. The van der Waals surface area contributed by atoms with Crippen LogP contribution in [-0.4, -0.2) is 30.1 Å². The van der Waals surface area contributed by atoms with Crippen molar-refractivity contribution in [3.63, 3.8) is 0 Å². The number of amides is 1. The molecule has 2 aromatic rings. The van der Waals surface area contributed by atoms with Gasteiger partial charge in [-0.25, -0.2) is 9.37 Å². The van der Waals surface area contributed by atoms with Crippen molar-refractivity contribution in [1.29, 1.82) is 0 Å². The molecule has 0 bridgehead atoms. The second kappa shape index (κ2) is 8.03. The lowest BCUT2D eigenvalue weighted by molar-refractivity contribution is -0.119. The number of thiazole rings is 1. The molecule has 25 heavy (non-hydrogen) atoms. The summed E-state index contributed by atoms with van der Waals surface area (Å²) in [5, 5.41) is 3.32. The van der Waals surface area contributed by atoms with E-state index in [0.29, 0.717) is 30.3 Å². The number of rotatable bonds is 5. The van der Waals surface area contributed by atoms with Crippen molar-refractivity contribution < 1.29 is 13.9 Å². The van der Waals surface area contributed by atoms with Crippen molar-refractivity contribution in [1.82, 2.24) is 4.98 Å². The number of ether oxygens (including phenoxy) is 1. The molecule has 1 aliphatic heterocycles. The zero-order chi connectivity index (χ0) is 17.8. The maximum Gasteiger partial charge on any atom is 0.243 e. The number of carbonyl (C=O) groups excluding carboxylic acids is 1. The van der Waals surface area contributed by atoms with E-state index in [-0.39, 0.29) is 17.6 Å². The Morgan fingerprint density at radius 2 is 2.16 bits per heavy atom. The van der Waals surface area contributed by atoms with Gasteiger partial charge in [-0.15, -0.1) is 11.3 Å². The molecule has 1 aromatic heterocycles. The summed E-state index contributed by atoms with van der Waals surface area (Å²) in [5.41, 5.74) is 7.50. The van der Waals surface area contributed by atoms with Gasteiger partial charge in [0.25, 0.3) is 0 Å². The van der Waals surface area contributed by atoms with E-state index in [1.54, 1.807) is 12.1 Å². The monoisotopic (exact) mass is 363 g/mol. The minimum atomic E-state index is -0.567. The van der Waals surface area contributed by atoms with Gasteiger partial charge >= 0.3 is 0 Å². The first kappa shape index (κ1) is 18.0. The predicted molar refractivity (Wildman–Crippen MR) is 96.2 cm³/mol. The fourth-order valence-corrected chi connectivity index (χ4v) is 3.93. The molecule has 7 heteroatoms. The van der Waals surface area contributed by atoms with Crippen LogP contribution in [0.5, 0.6) is 0 Å². The Labute approximate surface area is 150 Å². The summed E-state index contributed by atoms with van der Waals surface area (Å²) in [6, 6.07) is 6.12. The van der Waals surface area contributed by atoms with Gasteiger partial charge in [0.15, 0.2) is 5.13 Å². The number of hydrogen-bond donors (Lipinski definition) is 2. The number of hydrogen-bond acceptors (Lipinski definition) is 5. The Morgan fingerprint density at radius 3 is 2.88 bits per heavy atom. The van der Waals surface area contributed by atoms with Crippen LogP contribution in [-0.2, 0) is 16.0 Å². The van der Waals surface area contributed by atoms with Crippen LogP contribution in [0.3, 0.4) is 0 Å². The first-order chi connectivity index (χ1) is 12.0. The number of carbonyl (C=O) groups is 1. The number of anilines is 1. The highest BCUT2D eigenvalue weighted by Gasteiger charge is 2.27. The molecule has 0 aliphatic carbocycles. The molecule has 1 amide bonds. The Morgan fingerprint density at radius 1 is 1.44 bits per heavy atom. The number of halogens is 1. The third kappa shape index (κ3) is 4.42. The normalized spacial score (nSPS) is 16.6. The second-order valence-corrected chi connectivity index (χ2v) is 7.34.